The molecule has 5 heteroatoms. The van der Waals surface area contributed by atoms with Crippen LogP contribution in [0.15, 0.2) is 18.2 Å². The van der Waals surface area contributed by atoms with Crippen molar-refractivity contribution in [1.82, 2.24) is 4.90 Å². The molecule has 0 bridgehead atoms. The molecule has 1 N–H and O–H groups in total. The van der Waals surface area contributed by atoms with Crippen LogP contribution in [0, 0.1) is 5.82 Å². The van der Waals surface area contributed by atoms with Gasteiger partial charge >= 0.3 is 0 Å². The molecule has 1 atom stereocenters. The van der Waals surface area contributed by atoms with E-state index in [0.717, 1.165) is 25.9 Å². The number of anilines is 2. The van der Waals surface area contributed by atoms with E-state index in [1.807, 2.05) is 43.7 Å². The molecule has 1 aromatic carbocycles. The molecule has 0 aromatic heterocycles. The van der Waals surface area contributed by atoms with Gasteiger partial charge in [0.15, 0.2) is 0 Å². The number of benzene rings is 1. The number of halogens is 1. The van der Waals surface area contributed by atoms with Crippen LogP contribution >= 0.6 is 0 Å². The van der Waals surface area contributed by atoms with Crippen LogP contribution < -0.4 is 10.2 Å². The summed E-state index contributed by atoms with van der Waals surface area (Å²) < 4.78 is 14.2. The summed E-state index contributed by atoms with van der Waals surface area (Å²) in [4.78, 5) is 16.0. The number of nitrogens with zero attached hydrogens (tertiary/aromatic N) is 2. The zero-order chi connectivity index (χ0) is 16.3. The molecule has 1 aliphatic heterocycles. The van der Waals surface area contributed by atoms with Crippen molar-refractivity contribution in [3.63, 3.8) is 0 Å². The Labute approximate surface area is 132 Å². The third-order valence-corrected chi connectivity index (χ3v) is 4.27. The molecule has 1 fully saturated rings. The number of rotatable bonds is 5. The van der Waals surface area contributed by atoms with Gasteiger partial charge in [0.05, 0.1) is 5.69 Å². The van der Waals surface area contributed by atoms with E-state index in [9.17, 15) is 9.18 Å². The third-order valence-electron chi connectivity index (χ3n) is 4.27. The van der Waals surface area contributed by atoms with Gasteiger partial charge in [-0.05, 0) is 51.8 Å². The Morgan fingerprint density at radius 2 is 1.91 bits per heavy atom. The number of amides is 1. The first-order valence-corrected chi connectivity index (χ1v) is 7.98. The van der Waals surface area contributed by atoms with Gasteiger partial charge in [-0.2, -0.15) is 0 Å². The topological polar surface area (TPSA) is 35.6 Å². The standard InChI is InChI=1S/C17H26FN3O/c1-12(2)20(4)16-8-7-14(11-15(16)18)19-13(3)17(22)21-9-5-6-10-21/h7-8,11-13,19H,5-6,9-10H2,1-4H3. The van der Waals surface area contributed by atoms with Crippen molar-refractivity contribution >= 4 is 17.3 Å². The first-order valence-electron chi connectivity index (χ1n) is 7.98. The Kier molecular flexibility index (Phi) is 5.27. The van der Waals surface area contributed by atoms with E-state index < -0.39 is 0 Å². The highest BCUT2D eigenvalue weighted by molar-refractivity contribution is 5.84. The molecule has 4 nitrogen and oxygen atoms in total. The van der Waals surface area contributed by atoms with Crippen LogP contribution in [-0.2, 0) is 4.79 Å². The van der Waals surface area contributed by atoms with E-state index in [0.29, 0.717) is 11.4 Å². The van der Waals surface area contributed by atoms with Gasteiger partial charge in [-0.15, -0.1) is 0 Å². The van der Waals surface area contributed by atoms with E-state index in [-0.39, 0.29) is 23.8 Å². The minimum Gasteiger partial charge on any atom is -0.374 e. The summed E-state index contributed by atoms with van der Waals surface area (Å²) in [7, 11) is 1.87. The summed E-state index contributed by atoms with van der Waals surface area (Å²) in [5.41, 5.74) is 1.21. The monoisotopic (exact) mass is 307 g/mol. The van der Waals surface area contributed by atoms with E-state index in [2.05, 4.69) is 5.32 Å². The Balaban J connectivity index is 2.04. The molecule has 1 heterocycles. The molecule has 0 radical (unpaired) electrons. The molecular formula is C17H26FN3O. The molecule has 2 rings (SSSR count). The zero-order valence-corrected chi connectivity index (χ0v) is 13.9. The smallest absolute Gasteiger partial charge is 0.244 e. The number of hydrogen-bond acceptors (Lipinski definition) is 3. The second kappa shape index (κ2) is 6.99. The van der Waals surface area contributed by atoms with Crippen molar-refractivity contribution in [1.29, 1.82) is 0 Å². The Hall–Kier alpha value is -1.78. The predicted molar refractivity (Wildman–Crippen MR) is 88.8 cm³/mol. The Bertz CT molecular complexity index is 527. The molecule has 1 saturated heterocycles. The van der Waals surface area contributed by atoms with Crippen LogP contribution in [-0.4, -0.2) is 43.0 Å². The SMILES string of the molecule is CC(Nc1ccc(N(C)C(C)C)c(F)c1)C(=O)N1CCCC1. The van der Waals surface area contributed by atoms with Crippen molar-refractivity contribution in [2.45, 2.75) is 45.7 Å². The molecule has 0 saturated carbocycles. The molecule has 0 spiro atoms. The number of carbonyl (C=O) groups excluding carboxylic acids is 1. The lowest BCUT2D eigenvalue weighted by Gasteiger charge is -2.25. The maximum atomic E-state index is 14.2. The molecule has 1 amide bonds. The third kappa shape index (κ3) is 3.70. The summed E-state index contributed by atoms with van der Waals surface area (Å²) in [5.74, 6) is -0.191. The lowest BCUT2D eigenvalue weighted by Crippen LogP contribution is -2.39. The minimum atomic E-state index is -0.342. The zero-order valence-electron chi connectivity index (χ0n) is 13.9. The molecule has 1 aromatic rings. The normalized spacial score (nSPS) is 16.0. The van der Waals surface area contributed by atoms with E-state index in [1.54, 1.807) is 6.07 Å². The highest BCUT2D eigenvalue weighted by Gasteiger charge is 2.23. The minimum absolute atomic E-state index is 0.0845. The first kappa shape index (κ1) is 16.6. The largest absolute Gasteiger partial charge is 0.374 e. The van der Waals surface area contributed by atoms with Gasteiger partial charge < -0.3 is 15.1 Å². The lowest BCUT2D eigenvalue weighted by molar-refractivity contribution is -0.130. The van der Waals surface area contributed by atoms with Gasteiger partial charge in [-0.3, -0.25) is 4.79 Å². The molecule has 1 unspecified atom stereocenters. The highest BCUT2D eigenvalue weighted by Crippen LogP contribution is 2.24. The molecular weight excluding hydrogens is 281 g/mol. The summed E-state index contributed by atoms with van der Waals surface area (Å²) in [5, 5.41) is 3.11. The van der Waals surface area contributed by atoms with Gasteiger partial charge in [0.2, 0.25) is 5.91 Å². The van der Waals surface area contributed by atoms with Crippen molar-refractivity contribution in [3.8, 4) is 0 Å². The summed E-state index contributed by atoms with van der Waals surface area (Å²) in [6, 6.07) is 4.92. The van der Waals surface area contributed by atoms with Crippen LogP contribution in [0.25, 0.3) is 0 Å². The molecule has 122 valence electrons. The predicted octanol–water partition coefficient (Wildman–Crippen LogP) is 3.09. The maximum Gasteiger partial charge on any atom is 0.244 e. The summed E-state index contributed by atoms with van der Waals surface area (Å²) in [6.07, 6.45) is 2.15. The number of likely N-dealkylation sites (tertiary alicyclic amines) is 1. The van der Waals surface area contributed by atoms with Crippen molar-refractivity contribution in [3.05, 3.63) is 24.0 Å². The second-order valence-electron chi connectivity index (χ2n) is 6.27. The summed E-state index contributed by atoms with van der Waals surface area (Å²) >= 11 is 0. The van der Waals surface area contributed by atoms with Crippen LogP contribution in [0.2, 0.25) is 0 Å². The van der Waals surface area contributed by atoms with Gasteiger partial charge in [-0.1, -0.05) is 0 Å². The molecule has 0 aliphatic carbocycles. The fraction of sp³-hybridized carbons (Fsp3) is 0.588. The number of hydrogen-bond donors (Lipinski definition) is 1. The van der Waals surface area contributed by atoms with E-state index >= 15 is 0 Å². The van der Waals surface area contributed by atoms with Crippen molar-refractivity contribution < 1.29 is 9.18 Å². The maximum absolute atomic E-state index is 14.2. The van der Waals surface area contributed by atoms with Crippen LogP contribution in [0.5, 0.6) is 0 Å². The van der Waals surface area contributed by atoms with Crippen molar-refractivity contribution in [2.24, 2.45) is 0 Å². The Morgan fingerprint density at radius 3 is 2.45 bits per heavy atom. The van der Waals surface area contributed by atoms with Gasteiger partial charge in [0.1, 0.15) is 11.9 Å². The first-order chi connectivity index (χ1) is 10.4. The van der Waals surface area contributed by atoms with E-state index in [1.165, 1.54) is 6.07 Å². The van der Waals surface area contributed by atoms with Crippen LogP contribution in [0.4, 0.5) is 15.8 Å². The van der Waals surface area contributed by atoms with Crippen LogP contribution in [0.1, 0.15) is 33.6 Å². The van der Waals surface area contributed by atoms with Gasteiger partial charge in [0.25, 0.3) is 0 Å². The van der Waals surface area contributed by atoms with Crippen molar-refractivity contribution in [2.75, 3.05) is 30.4 Å². The van der Waals surface area contributed by atoms with Gasteiger partial charge in [-0.25, -0.2) is 4.39 Å². The quantitative estimate of drug-likeness (QED) is 0.908. The molecule has 22 heavy (non-hydrogen) atoms. The second-order valence-corrected chi connectivity index (χ2v) is 6.27. The van der Waals surface area contributed by atoms with Gasteiger partial charge in [0, 0.05) is 31.9 Å². The lowest BCUT2D eigenvalue weighted by atomic mass is 10.2. The average Bonchev–Trinajstić information content (AvgIpc) is 3.00. The van der Waals surface area contributed by atoms with Crippen LogP contribution in [0.3, 0.4) is 0 Å². The molecule has 1 aliphatic rings. The average molecular weight is 307 g/mol. The Morgan fingerprint density at radius 1 is 1.27 bits per heavy atom. The number of carbonyl (C=O) groups is 1. The number of nitrogens with one attached hydrogen (secondary N) is 1. The highest BCUT2D eigenvalue weighted by atomic mass is 19.1. The fourth-order valence-electron chi connectivity index (χ4n) is 2.68. The van der Waals surface area contributed by atoms with E-state index in [4.69, 9.17) is 0 Å². The summed E-state index contributed by atoms with van der Waals surface area (Å²) in [6.45, 7) is 7.52. The fourth-order valence-corrected chi connectivity index (χ4v) is 2.68.